The fraction of sp³-hybridized carbons (Fsp3) is 0.259. The summed E-state index contributed by atoms with van der Waals surface area (Å²) in [4.78, 5) is 27.8. The number of sulfonamides is 1. The molecule has 0 saturated heterocycles. The molecule has 0 aliphatic heterocycles. The van der Waals surface area contributed by atoms with Crippen molar-refractivity contribution in [3.63, 3.8) is 0 Å². The Labute approximate surface area is 221 Å². The summed E-state index contributed by atoms with van der Waals surface area (Å²) < 4.78 is 29.6. The van der Waals surface area contributed by atoms with Crippen molar-refractivity contribution >= 4 is 43.5 Å². The molecule has 1 N–H and O–H groups in total. The highest BCUT2D eigenvalue weighted by atomic mass is 79.9. The molecule has 0 saturated carbocycles. The normalized spacial score (nSPS) is 12.0. The molecule has 1 atom stereocenters. The zero-order valence-corrected chi connectivity index (χ0v) is 23.1. The number of carbonyl (C=O) groups excluding carboxylic acids is 2. The molecule has 0 radical (unpaired) electrons. The summed E-state index contributed by atoms with van der Waals surface area (Å²) in [7, 11) is -2.57. The van der Waals surface area contributed by atoms with E-state index < -0.39 is 28.5 Å². The number of carbonyl (C=O) groups is 2. The number of nitrogens with zero attached hydrogens (tertiary/aromatic N) is 2. The van der Waals surface area contributed by atoms with E-state index in [2.05, 4.69) is 21.2 Å². The Hall–Kier alpha value is -3.17. The standard InChI is InChI=1S/C27H30BrN3O4S/c1-19-10-11-20(2)25(16-19)31(36(34,35)24-8-6-5-7-9-24)18-26(32)30(21(3)27(33)29-4)17-22-12-14-23(28)15-13-22/h5-16,21H,17-18H2,1-4H3,(H,29,33)/t21-/m1/s1. The SMILES string of the molecule is CNC(=O)[C@@H](C)N(Cc1ccc(Br)cc1)C(=O)CN(c1cc(C)ccc1C)S(=O)(=O)c1ccccc1. The van der Waals surface area contributed by atoms with Crippen LogP contribution < -0.4 is 9.62 Å². The highest BCUT2D eigenvalue weighted by Crippen LogP contribution is 2.28. The Bertz CT molecular complexity index is 1330. The van der Waals surface area contributed by atoms with Crippen LogP contribution in [0.5, 0.6) is 0 Å². The van der Waals surface area contributed by atoms with Gasteiger partial charge in [-0.15, -0.1) is 0 Å². The number of rotatable bonds is 9. The maximum Gasteiger partial charge on any atom is 0.264 e. The van der Waals surface area contributed by atoms with Gasteiger partial charge >= 0.3 is 0 Å². The van der Waals surface area contributed by atoms with Crippen LogP contribution in [0.25, 0.3) is 0 Å². The molecule has 7 nitrogen and oxygen atoms in total. The van der Waals surface area contributed by atoms with Crippen molar-refractivity contribution in [1.29, 1.82) is 0 Å². The first-order chi connectivity index (χ1) is 17.0. The molecule has 0 aromatic heterocycles. The summed E-state index contributed by atoms with van der Waals surface area (Å²) in [6.07, 6.45) is 0. The van der Waals surface area contributed by atoms with Crippen LogP contribution in [-0.4, -0.2) is 44.8 Å². The number of hydrogen-bond acceptors (Lipinski definition) is 4. The van der Waals surface area contributed by atoms with E-state index in [0.29, 0.717) is 11.3 Å². The zero-order chi connectivity index (χ0) is 26.5. The molecule has 3 rings (SSSR count). The average molecular weight is 573 g/mol. The summed E-state index contributed by atoms with van der Waals surface area (Å²) in [6, 6.07) is 20.1. The molecule has 0 unspecified atom stereocenters. The summed E-state index contributed by atoms with van der Waals surface area (Å²) in [6.45, 7) is 4.99. The summed E-state index contributed by atoms with van der Waals surface area (Å²) in [5, 5.41) is 2.58. The maximum atomic E-state index is 13.8. The predicted molar refractivity (Wildman–Crippen MR) is 145 cm³/mol. The van der Waals surface area contributed by atoms with Crippen LogP contribution in [-0.2, 0) is 26.2 Å². The molecule has 9 heteroatoms. The molecule has 36 heavy (non-hydrogen) atoms. The lowest BCUT2D eigenvalue weighted by atomic mass is 10.1. The molecule has 2 amide bonds. The third-order valence-electron chi connectivity index (χ3n) is 5.92. The Morgan fingerprint density at radius 3 is 2.22 bits per heavy atom. The van der Waals surface area contributed by atoms with Crippen LogP contribution >= 0.6 is 15.9 Å². The molecular weight excluding hydrogens is 542 g/mol. The molecule has 0 fully saturated rings. The quantitative estimate of drug-likeness (QED) is 0.411. The number of likely N-dealkylation sites (N-methyl/N-ethyl adjacent to an activating group) is 1. The second-order valence-corrected chi connectivity index (χ2v) is 11.3. The fourth-order valence-electron chi connectivity index (χ4n) is 3.80. The van der Waals surface area contributed by atoms with E-state index in [-0.39, 0.29) is 17.3 Å². The Balaban J connectivity index is 2.06. The summed E-state index contributed by atoms with van der Waals surface area (Å²) in [5.74, 6) is -0.834. The van der Waals surface area contributed by atoms with Gasteiger partial charge in [-0.25, -0.2) is 8.42 Å². The van der Waals surface area contributed by atoms with E-state index in [1.54, 1.807) is 38.1 Å². The third-order valence-corrected chi connectivity index (χ3v) is 8.23. The van der Waals surface area contributed by atoms with Gasteiger partial charge in [0.1, 0.15) is 12.6 Å². The smallest absolute Gasteiger partial charge is 0.264 e. The van der Waals surface area contributed by atoms with Gasteiger partial charge in [-0.2, -0.15) is 0 Å². The van der Waals surface area contributed by atoms with Gasteiger partial charge < -0.3 is 10.2 Å². The van der Waals surface area contributed by atoms with Crippen LogP contribution in [0.3, 0.4) is 0 Å². The van der Waals surface area contributed by atoms with Crippen LogP contribution in [0.2, 0.25) is 0 Å². The highest BCUT2D eigenvalue weighted by Gasteiger charge is 2.32. The van der Waals surface area contributed by atoms with Gasteiger partial charge in [0, 0.05) is 18.1 Å². The van der Waals surface area contributed by atoms with E-state index in [0.717, 1.165) is 19.9 Å². The lowest BCUT2D eigenvalue weighted by molar-refractivity contribution is -0.139. The lowest BCUT2D eigenvalue weighted by Crippen LogP contribution is -2.50. The van der Waals surface area contributed by atoms with Gasteiger partial charge in [-0.1, -0.05) is 58.4 Å². The minimum Gasteiger partial charge on any atom is -0.357 e. The van der Waals surface area contributed by atoms with E-state index in [1.165, 1.54) is 24.1 Å². The Kier molecular flexibility index (Phi) is 8.92. The van der Waals surface area contributed by atoms with Crippen molar-refractivity contribution in [2.75, 3.05) is 17.9 Å². The number of hydrogen-bond donors (Lipinski definition) is 1. The van der Waals surface area contributed by atoms with Crippen LogP contribution in [0, 0.1) is 13.8 Å². The van der Waals surface area contributed by atoms with Crippen molar-refractivity contribution in [2.45, 2.75) is 38.3 Å². The number of anilines is 1. The first kappa shape index (κ1) is 27.4. The molecular formula is C27H30BrN3O4S. The van der Waals surface area contributed by atoms with Gasteiger partial charge in [0.15, 0.2) is 0 Å². The van der Waals surface area contributed by atoms with Crippen molar-refractivity contribution in [3.05, 3.63) is 94.0 Å². The number of halogens is 1. The fourth-order valence-corrected chi connectivity index (χ4v) is 5.56. The first-order valence-corrected chi connectivity index (χ1v) is 13.7. The lowest BCUT2D eigenvalue weighted by Gasteiger charge is -2.32. The molecule has 3 aromatic carbocycles. The summed E-state index contributed by atoms with van der Waals surface area (Å²) in [5.41, 5.74) is 2.81. The van der Waals surface area contributed by atoms with Gasteiger partial charge in [0.2, 0.25) is 11.8 Å². The topological polar surface area (TPSA) is 86.8 Å². The molecule has 0 heterocycles. The average Bonchev–Trinajstić information content (AvgIpc) is 2.87. The second kappa shape index (κ2) is 11.7. The largest absolute Gasteiger partial charge is 0.357 e. The molecule has 190 valence electrons. The third kappa shape index (κ3) is 6.33. The van der Waals surface area contributed by atoms with E-state index >= 15 is 0 Å². The van der Waals surface area contributed by atoms with Gasteiger partial charge in [0.05, 0.1) is 10.6 Å². The predicted octanol–water partition coefficient (Wildman–Crippen LogP) is 4.42. The molecule has 3 aromatic rings. The monoisotopic (exact) mass is 571 g/mol. The Morgan fingerprint density at radius 1 is 0.972 bits per heavy atom. The number of aryl methyl sites for hydroxylation is 2. The molecule has 0 aliphatic carbocycles. The highest BCUT2D eigenvalue weighted by molar-refractivity contribution is 9.10. The number of benzene rings is 3. The van der Waals surface area contributed by atoms with E-state index in [1.807, 2.05) is 43.3 Å². The van der Waals surface area contributed by atoms with Crippen molar-refractivity contribution in [1.82, 2.24) is 10.2 Å². The van der Waals surface area contributed by atoms with Crippen LogP contribution in [0.1, 0.15) is 23.6 Å². The first-order valence-electron chi connectivity index (χ1n) is 11.4. The minimum atomic E-state index is -4.07. The molecule has 0 bridgehead atoms. The zero-order valence-electron chi connectivity index (χ0n) is 20.7. The van der Waals surface area contributed by atoms with Crippen molar-refractivity contribution in [2.24, 2.45) is 0 Å². The van der Waals surface area contributed by atoms with Gasteiger partial charge in [0.25, 0.3) is 10.0 Å². The minimum absolute atomic E-state index is 0.0810. The summed E-state index contributed by atoms with van der Waals surface area (Å²) >= 11 is 3.40. The second-order valence-electron chi connectivity index (χ2n) is 8.55. The van der Waals surface area contributed by atoms with Gasteiger partial charge in [-0.05, 0) is 67.8 Å². The maximum absolute atomic E-state index is 13.8. The molecule has 0 spiro atoms. The van der Waals surface area contributed by atoms with E-state index in [4.69, 9.17) is 0 Å². The van der Waals surface area contributed by atoms with Crippen molar-refractivity contribution in [3.8, 4) is 0 Å². The number of nitrogens with one attached hydrogen (secondary N) is 1. The Morgan fingerprint density at radius 2 is 1.61 bits per heavy atom. The van der Waals surface area contributed by atoms with Crippen LogP contribution in [0.4, 0.5) is 5.69 Å². The van der Waals surface area contributed by atoms with E-state index in [9.17, 15) is 18.0 Å². The molecule has 0 aliphatic rings. The van der Waals surface area contributed by atoms with Crippen LogP contribution in [0.15, 0.2) is 82.2 Å². The van der Waals surface area contributed by atoms with Gasteiger partial charge in [-0.3, -0.25) is 13.9 Å². The van der Waals surface area contributed by atoms with Crippen molar-refractivity contribution < 1.29 is 18.0 Å². The number of amides is 2.